The second-order valence-electron chi connectivity index (χ2n) is 5.60. The number of rotatable bonds is 6. The summed E-state index contributed by atoms with van der Waals surface area (Å²) < 4.78 is 5.60. The van der Waals surface area contributed by atoms with Crippen molar-refractivity contribution >= 4 is 5.97 Å². The Labute approximate surface area is 120 Å². The van der Waals surface area contributed by atoms with E-state index >= 15 is 0 Å². The van der Waals surface area contributed by atoms with E-state index in [4.69, 9.17) is 9.84 Å². The van der Waals surface area contributed by atoms with E-state index < -0.39 is 5.97 Å². The summed E-state index contributed by atoms with van der Waals surface area (Å²) in [4.78, 5) is 10.7. The van der Waals surface area contributed by atoms with Crippen molar-refractivity contribution in [2.24, 2.45) is 5.92 Å². The molecule has 1 aromatic carbocycles. The maximum absolute atomic E-state index is 10.7. The summed E-state index contributed by atoms with van der Waals surface area (Å²) in [6.07, 6.45) is 5.19. The number of hydrogen-bond donors (Lipinski definition) is 2. The summed E-state index contributed by atoms with van der Waals surface area (Å²) in [5.41, 5.74) is 0.284. The fraction of sp³-hybridized carbons (Fsp3) is 0.562. The topological polar surface area (TPSA) is 58.6 Å². The molecule has 4 nitrogen and oxygen atoms in total. The Morgan fingerprint density at radius 3 is 2.75 bits per heavy atom. The van der Waals surface area contributed by atoms with Crippen LogP contribution in [0.2, 0.25) is 0 Å². The van der Waals surface area contributed by atoms with Crippen LogP contribution in [0.5, 0.6) is 5.75 Å². The molecule has 0 spiro atoms. The molecule has 4 heteroatoms. The predicted octanol–water partition coefficient (Wildman–Crippen LogP) is 2.93. The minimum absolute atomic E-state index is 0.284. The highest BCUT2D eigenvalue weighted by Crippen LogP contribution is 2.23. The van der Waals surface area contributed by atoms with Gasteiger partial charge in [0.15, 0.2) is 0 Å². The van der Waals surface area contributed by atoms with E-state index in [9.17, 15) is 4.79 Å². The van der Waals surface area contributed by atoms with Gasteiger partial charge < -0.3 is 15.2 Å². The molecule has 1 saturated carbocycles. The van der Waals surface area contributed by atoms with Crippen molar-refractivity contribution in [2.75, 3.05) is 13.2 Å². The molecule has 1 aliphatic carbocycles. The number of aromatic carboxylic acids is 1. The number of nitrogens with one attached hydrogen (secondary N) is 1. The van der Waals surface area contributed by atoms with Gasteiger partial charge in [-0.2, -0.15) is 0 Å². The number of ether oxygens (including phenoxy) is 1. The van der Waals surface area contributed by atoms with Crippen LogP contribution in [-0.2, 0) is 0 Å². The van der Waals surface area contributed by atoms with Crippen molar-refractivity contribution in [3.05, 3.63) is 29.8 Å². The van der Waals surface area contributed by atoms with E-state index in [0.717, 1.165) is 12.5 Å². The number of carboxylic acid groups (broad SMARTS) is 1. The number of carboxylic acids is 1. The van der Waals surface area contributed by atoms with Crippen LogP contribution in [0.25, 0.3) is 0 Å². The van der Waals surface area contributed by atoms with Crippen molar-refractivity contribution < 1.29 is 14.6 Å². The fourth-order valence-corrected chi connectivity index (χ4v) is 2.75. The smallest absolute Gasteiger partial charge is 0.335 e. The lowest BCUT2D eigenvalue weighted by molar-refractivity contribution is 0.0697. The van der Waals surface area contributed by atoms with Crippen LogP contribution in [0, 0.1) is 5.92 Å². The van der Waals surface area contributed by atoms with Crippen LogP contribution in [0.1, 0.15) is 43.0 Å². The van der Waals surface area contributed by atoms with E-state index in [2.05, 4.69) is 12.2 Å². The Morgan fingerprint density at radius 1 is 1.35 bits per heavy atom. The zero-order valence-corrected chi connectivity index (χ0v) is 12.0. The average molecular weight is 277 g/mol. The molecule has 2 unspecified atom stereocenters. The molecule has 1 fully saturated rings. The summed E-state index contributed by atoms with van der Waals surface area (Å²) in [6.45, 7) is 3.75. The molecule has 0 aliphatic heterocycles. The monoisotopic (exact) mass is 277 g/mol. The van der Waals surface area contributed by atoms with Gasteiger partial charge in [-0.05, 0) is 43.0 Å². The van der Waals surface area contributed by atoms with Crippen LogP contribution in [-0.4, -0.2) is 30.3 Å². The van der Waals surface area contributed by atoms with Crippen LogP contribution < -0.4 is 10.1 Å². The maximum Gasteiger partial charge on any atom is 0.335 e. The molecule has 0 saturated heterocycles. The normalized spacial score (nSPS) is 22.4. The zero-order chi connectivity index (χ0) is 14.4. The lowest BCUT2D eigenvalue weighted by Crippen LogP contribution is -2.36. The van der Waals surface area contributed by atoms with E-state index in [-0.39, 0.29) is 5.56 Å². The Hall–Kier alpha value is -1.55. The lowest BCUT2D eigenvalue weighted by atomic mass is 9.87. The molecule has 0 bridgehead atoms. The zero-order valence-electron chi connectivity index (χ0n) is 12.0. The summed E-state index contributed by atoms with van der Waals surface area (Å²) in [7, 11) is 0. The van der Waals surface area contributed by atoms with Gasteiger partial charge in [0, 0.05) is 12.6 Å². The lowest BCUT2D eigenvalue weighted by Gasteiger charge is -2.27. The third kappa shape index (κ3) is 4.53. The van der Waals surface area contributed by atoms with Crippen LogP contribution in [0.15, 0.2) is 24.3 Å². The Balaban J connectivity index is 1.66. The number of benzene rings is 1. The second kappa shape index (κ2) is 7.29. The van der Waals surface area contributed by atoms with E-state index in [1.807, 2.05) is 0 Å². The minimum Gasteiger partial charge on any atom is -0.492 e. The third-order valence-electron chi connectivity index (χ3n) is 3.84. The Kier molecular flexibility index (Phi) is 5.41. The maximum atomic E-state index is 10.7. The van der Waals surface area contributed by atoms with Gasteiger partial charge in [-0.25, -0.2) is 4.79 Å². The SMILES string of the molecule is CC1CCCC(NCCOc2ccc(C(=O)O)cc2)C1. The summed E-state index contributed by atoms with van der Waals surface area (Å²) >= 11 is 0. The minimum atomic E-state index is -0.912. The quantitative estimate of drug-likeness (QED) is 0.785. The average Bonchev–Trinajstić information content (AvgIpc) is 2.44. The molecule has 2 atom stereocenters. The van der Waals surface area contributed by atoms with Gasteiger partial charge in [0.2, 0.25) is 0 Å². The van der Waals surface area contributed by atoms with Gasteiger partial charge in [0.1, 0.15) is 12.4 Å². The molecule has 0 radical (unpaired) electrons. The third-order valence-corrected chi connectivity index (χ3v) is 3.84. The first kappa shape index (κ1) is 14.9. The van der Waals surface area contributed by atoms with Gasteiger partial charge >= 0.3 is 5.97 Å². The van der Waals surface area contributed by atoms with E-state index in [0.29, 0.717) is 18.4 Å². The van der Waals surface area contributed by atoms with Gasteiger partial charge in [0.25, 0.3) is 0 Å². The van der Waals surface area contributed by atoms with E-state index in [1.165, 1.54) is 25.7 Å². The first-order valence-electron chi connectivity index (χ1n) is 7.34. The number of hydrogen-bond acceptors (Lipinski definition) is 3. The van der Waals surface area contributed by atoms with E-state index in [1.54, 1.807) is 24.3 Å². The molecule has 2 rings (SSSR count). The van der Waals surface area contributed by atoms with Crippen LogP contribution >= 0.6 is 0 Å². The largest absolute Gasteiger partial charge is 0.492 e. The molecular weight excluding hydrogens is 254 g/mol. The Bertz CT molecular complexity index is 430. The molecular formula is C16H23NO3. The molecule has 2 N–H and O–H groups in total. The summed E-state index contributed by atoms with van der Waals surface area (Å²) in [6, 6.07) is 7.15. The fourth-order valence-electron chi connectivity index (χ4n) is 2.75. The molecule has 20 heavy (non-hydrogen) atoms. The summed E-state index contributed by atoms with van der Waals surface area (Å²) in [5.74, 6) is 0.629. The second-order valence-corrected chi connectivity index (χ2v) is 5.60. The first-order chi connectivity index (χ1) is 9.65. The van der Waals surface area contributed by atoms with Gasteiger partial charge in [-0.1, -0.05) is 19.8 Å². The highest BCUT2D eigenvalue weighted by atomic mass is 16.5. The van der Waals surface area contributed by atoms with Gasteiger partial charge in [-0.15, -0.1) is 0 Å². The molecule has 0 amide bonds. The van der Waals surface area contributed by atoms with Crippen molar-refractivity contribution in [3.8, 4) is 5.75 Å². The van der Waals surface area contributed by atoms with Gasteiger partial charge in [0.05, 0.1) is 5.56 Å². The van der Waals surface area contributed by atoms with Crippen molar-refractivity contribution in [2.45, 2.75) is 38.6 Å². The summed E-state index contributed by atoms with van der Waals surface area (Å²) in [5, 5.41) is 12.3. The van der Waals surface area contributed by atoms with Crippen LogP contribution in [0.3, 0.4) is 0 Å². The predicted molar refractivity (Wildman–Crippen MR) is 78.3 cm³/mol. The molecule has 110 valence electrons. The molecule has 0 aromatic heterocycles. The first-order valence-corrected chi connectivity index (χ1v) is 7.34. The highest BCUT2D eigenvalue weighted by Gasteiger charge is 2.17. The van der Waals surface area contributed by atoms with Crippen molar-refractivity contribution in [1.29, 1.82) is 0 Å². The van der Waals surface area contributed by atoms with Crippen LogP contribution in [0.4, 0.5) is 0 Å². The number of carbonyl (C=O) groups is 1. The molecule has 0 heterocycles. The Morgan fingerprint density at radius 2 is 2.10 bits per heavy atom. The van der Waals surface area contributed by atoms with Gasteiger partial charge in [-0.3, -0.25) is 0 Å². The highest BCUT2D eigenvalue weighted by molar-refractivity contribution is 5.87. The molecule has 1 aliphatic rings. The molecule has 1 aromatic rings. The van der Waals surface area contributed by atoms with Crippen molar-refractivity contribution in [1.82, 2.24) is 5.32 Å². The standard InChI is InChI=1S/C16H23NO3/c1-12-3-2-4-14(11-12)17-9-10-20-15-7-5-13(6-8-15)16(18)19/h5-8,12,14,17H,2-4,9-11H2,1H3,(H,18,19). The van der Waals surface area contributed by atoms with Crippen molar-refractivity contribution in [3.63, 3.8) is 0 Å².